The van der Waals surface area contributed by atoms with E-state index in [-0.39, 0.29) is 111 Å². The molecule has 4 rings (SSSR count). The summed E-state index contributed by atoms with van der Waals surface area (Å²) in [5.74, 6) is -4.68. The van der Waals surface area contributed by atoms with E-state index >= 15 is 0 Å². The summed E-state index contributed by atoms with van der Waals surface area (Å²) in [6.07, 6.45) is 0.868. The van der Waals surface area contributed by atoms with Gasteiger partial charge in [-0.1, -0.05) is 123 Å². The van der Waals surface area contributed by atoms with Crippen LogP contribution in [0.2, 0.25) is 0 Å². The molecule has 2 N–H and O–H groups in total. The maximum atomic E-state index is 12.1. The summed E-state index contributed by atoms with van der Waals surface area (Å²) in [6, 6.07) is 35.5. The normalized spacial score (nSPS) is 12.4. The largest absolute Gasteiger partial charge is 2.00 e. The first kappa shape index (κ1) is 52.1. The number of hydrogen-bond acceptors (Lipinski definition) is 10. The number of aliphatic carboxylic acids is 2. The number of esters is 2. The Bertz CT molecular complexity index is 1820. The van der Waals surface area contributed by atoms with Crippen molar-refractivity contribution in [1.82, 2.24) is 10.6 Å². The molecular weight excluding hydrogens is 805 g/mol. The maximum Gasteiger partial charge on any atom is 2.00 e. The van der Waals surface area contributed by atoms with Gasteiger partial charge in [0.15, 0.2) is 0 Å². The molecule has 0 aromatic heterocycles. The smallest absolute Gasteiger partial charge is 0.550 e. The summed E-state index contributed by atoms with van der Waals surface area (Å²) in [5.41, 5.74) is 6.44. The monoisotopic (exact) mass is 860 g/mol. The Morgan fingerprint density at radius 1 is 0.492 bits per heavy atom. The molecule has 0 bridgehead atoms. The van der Waals surface area contributed by atoms with Gasteiger partial charge in [-0.15, -0.1) is 0 Å². The van der Waals surface area contributed by atoms with Crippen molar-refractivity contribution in [2.75, 3.05) is 13.2 Å². The molecule has 2 amide bonds. The van der Waals surface area contributed by atoms with Crippen molar-refractivity contribution in [3.63, 3.8) is 0 Å². The van der Waals surface area contributed by atoms with Gasteiger partial charge in [-0.3, -0.25) is 19.2 Å². The van der Waals surface area contributed by atoms with E-state index in [0.29, 0.717) is 38.9 Å². The third-order valence-corrected chi connectivity index (χ3v) is 9.58. The minimum Gasteiger partial charge on any atom is -0.550 e. The second-order valence-electron chi connectivity index (χ2n) is 14.6. The van der Waals surface area contributed by atoms with Crippen LogP contribution in [-0.4, -0.2) is 98.7 Å². The molecule has 13 heteroatoms. The fourth-order valence-corrected chi connectivity index (χ4v) is 6.53. The van der Waals surface area contributed by atoms with Crippen LogP contribution in [0.25, 0.3) is 22.3 Å². The molecule has 0 heterocycles. The van der Waals surface area contributed by atoms with Crippen molar-refractivity contribution in [3.05, 3.63) is 120 Å². The Kier molecular flexibility index (Phi) is 24.3. The van der Waals surface area contributed by atoms with Gasteiger partial charge in [-0.05, 0) is 85.8 Å². The second kappa shape index (κ2) is 28.5. The SMILES string of the molecule is CCOC(=O)[C@@H](C)C[C@H](Cc1ccc(-c2ccccc2)cc1)NC(=O)CCC(=O)[O-].CCOC(=O)[C@H](C)C[C@@H](Cc1ccc(-c2ccccc2)cc1)NC(=O)CCC(=O)[O-].[Ca+2]. The van der Waals surface area contributed by atoms with E-state index in [1.807, 2.05) is 109 Å². The number of carbonyl (C=O) groups is 6. The zero-order chi connectivity index (χ0) is 43.9. The molecule has 0 saturated carbocycles. The van der Waals surface area contributed by atoms with Gasteiger partial charge in [0.2, 0.25) is 11.8 Å². The molecule has 0 spiro atoms. The van der Waals surface area contributed by atoms with Crippen LogP contribution in [0.15, 0.2) is 109 Å². The Morgan fingerprint density at radius 3 is 1.10 bits per heavy atom. The third-order valence-electron chi connectivity index (χ3n) is 9.58. The van der Waals surface area contributed by atoms with Crippen LogP contribution >= 0.6 is 0 Å². The molecule has 0 fully saturated rings. The summed E-state index contributed by atoms with van der Waals surface area (Å²) >= 11 is 0. The van der Waals surface area contributed by atoms with E-state index in [1.165, 1.54) is 0 Å². The van der Waals surface area contributed by atoms with Gasteiger partial charge in [-0.25, -0.2) is 0 Å². The van der Waals surface area contributed by atoms with Gasteiger partial charge in [0.1, 0.15) is 0 Å². The average molecular weight is 861 g/mol. The van der Waals surface area contributed by atoms with Crippen molar-refractivity contribution in [2.45, 2.75) is 91.1 Å². The molecule has 12 nitrogen and oxygen atoms in total. The zero-order valence-electron chi connectivity index (χ0n) is 35.6. The number of rotatable bonds is 22. The summed E-state index contributed by atoms with van der Waals surface area (Å²) in [7, 11) is 0. The number of amides is 2. The molecule has 0 aliphatic heterocycles. The summed E-state index contributed by atoms with van der Waals surface area (Å²) in [4.78, 5) is 69.5. The first-order valence-corrected chi connectivity index (χ1v) is 20.4. The number of carboxylic acids is 2. The Balaban J connectivity index is 0.000000413. The van der Waals surface area contributed by atoms with Crippen LogP contribution in [0.5, 0.6) is 0 Å². The number of ether oxygens (including phenoxy) is 2. The summed E-state index contributed by atoms with van der Waals surface area (Å²) in [6.45, 7) is 7.61. The predicted molar refractivity (Wildman–Crippen MR) is 230 cm³/mol. The number of hydrogen-bond donors (Lipinski definition) is 2. The molecule has 0 aliphatic rings. The van der Waals surface area contributed by atoms with E-state index in [1.54, 1.807) is 27.7 Å². The molecule has 0 radical (unpaired) electrons. The van der Waals surface area contributed by atoms with Crippen LogP contribution in [-0.2, 0) is 51.1 Å². The first-order valence-electron chi connectivity index (χ1n) is 20.4. The van der Waals surface area contributed by atoms with E-state index < -0.39 is 11.9 Å². The van der Waals surface area contributed by atoms with Gasteiger partial charge >= 0.3 is 49.7 Å². The van der Waals surface area contributed by atoms with Crippen LogP contribution in [0.1, 0.15) is 77.3 Å². The molecule has 4 aromatic carbocycles. The predicted octanol–water partition coefficient (Wildman–Crippen LogP) is 4.62. The maximum absolute atomic E-state index is 12.1. The number of nitrogens with one attached hydrogen (secondary N) is 2. The van der Waals surface area contributed by atoms with Crippen LogP contribution in [0, 0.1) is 11.8 Å². The Morgan fingerprint density at radius 2 is 0.803 bits per heavy atom. The second-order valence-corrected chi connectivity index (χ2v) is 14.6. The van der Waals surface area contributed by atoms with Crippen molar-refractivity contribution >= 4 is 73.4 Å². The Hall–Kier alpha value is -5.04. The topological polar surface area (TPSA) is 191 Å². The van der Waals surface area contributed by atoms with Crippen LogP contribution in [0.4, 0.5) is 0 Å². The third kappa shape index (κ3) is 20.4. The quantitative estimate of drug-likeness (QED) is 0.0833. The summed E-state index contributed by atoms with van der Waals surface area (Å²) in [5, 5.41) is 26.9. The zero-order valence-corrected chi connectivity index (χ0v) is 37.8. The number of carbonyl (C=O) groups excluding carboxylic acids is 6. The molecule has 0 saturated heterocycles. The first-order chi connectivity index (χ1) is 28.8. The fraction of sp³-hybridized carbons (Fsp3) is 0.375. The van der Waals surface area contributed by atoms with Crippen molar-refractivity contribution in [3.8, 4) is 22.3 Å². The van der Waals surface area contributed by atoms with E-state index in [2.05, 4.69) is 10.6 Å². The minimum atomic E-state index is -1.27. The van der Waals surface area contributed by atoms with Crippen LogP contribution < -0.4 is 20.8 Å². The summed E-state index contributed by atoms with van der Waals surface area (Å²) < 4.78 is 10.1. The molecule has 4 aromatic rings. The van der Waals surface area contributed by atoms with Gasteiger partial charge in [0.25, 0.3) is 0 Å². The Labute approximate surface area is 388 Å². The molecular formula is C48H56CaN2O10. The van der Waals surface area contributed by atoms with Gasteiger partial charge in [0.05, 0.1) is 25.0 Å². The van der Waals surface area contributed by atoms with Crippen molar-refractivity contribution in [2.24, 2.45) is 11.8 Å². The number of benzene rings is 4. The fourth-order valence-electron chi connectivity index (χ4n) is 6.53. The molecule has 0 aliphatic carbocycles. The van der Waals surface area contributed by atoms with E-state index in [4.69, 9.17) is 9.47 Å². The van der Waals surface area contributed by atoms with E-state index in [9.17, 15) is 39.0 Å². The van der Waals surface area contributed by atoms with Gasteiger partial charge < -0.3 is 39.9 Å². The number of carboxylic acid groups (broad SMARTS) is 2. The van der Waals surface area contributed by atoms with Gasteiger partial charge in [-0.2, -0.15) is 0 Å². The van der Waals surface area contributed by atoms with Crippen molar-refractivity contribution in [1.29, 1.82) is 0 Å². The molecule has 61 heavy (non-hydrogen) atoms. The standard InChI is InChI=1S/2C24H29NO5.Ca/c2*1-3-30-24(29)17(2)15-21(25-22(26)13-14-23(27)28)16-18-9-11-20(12-10-18)19-7-5-4-6-8-19;/h2*4-12,17,21H,3,13-16H2,1-2H3,(H,25,26)(H,27,28);/q;;+2/p-2/t2*17-,21+;/m10./s1. The van der Waals surface area contributed by atoms with Crippen molar-refractivity contribution < 1.29 is 48.5 Å². The average Bonchev–Trinajstić information content (AvgIpc) is 3.23. The molecule has 320 valence electrons. The molecule has 0 unspecified atom stereocenters. The van der Waals surface area contributed by atoms with Gasteiger partial charge in [0, 0.05) is 36.9 Å². The minimum absolute atomic E-state index is 0. The van der Waals surface area contributed by atoms with Crippen LogP contribution in [0.3, 0.4) is 0 Å². The molecule has 4 atom stereocenters. The van der Waals surface area contributed by atoms with E-state index in [0.717, 1.165) is 33.4 Å².